The van der Waals surface area contributed by atoms with Gasteiger partial charge in [0.2, 0.25) is 0 Å². The average Bonchev–Trinajstić information content (AvgIpc) is 3.83. The van der Waals surface area contributed by atoms with Gasteiger partial charge in [-0.2, -0.15) is 0 Å². The van der Waals surface area contributed by atoms with E-state index >= 15 is 0 Å². The van der Waals surface area contributed by atoms with E-state index in [9.17, 15) is 9.90 Å². The number of likely N-dealkylation sites (tertiary alicyclic amines) is 1. The Bertz CT molecular complexity index is 1720. The molecule has 7 unspecified atom stereocenters. The molecule has 7 heteroatoms. The van der Waals surface area contributed by atoms with Crippen LogP contribution in [-0.2, 0) is 38.9 Å². The second-order valence-corrected chi connectivity index (χ2v) is 17.7. The number of ether oxygens (including phenoxy) is 4. The third-order valence-corrected chi connectivity index (χ3v) is 14.9. The van der Waals surface area contributed by atoms with Crippen molar-refractivity contribution in [3.05, 3.63) is 70.3 Å². The maximum atomic E-state index is 13.8. The number of fused-ring (bicyclic) bond motifs is 3. The van der Waals surface area contributed by atoms with Crippen LogP contribution in [0.5, 0.6) is 11.5 Å². The fourth-order valence-electron chi connectivity index (χ4n) is 11.9. The molecule has 0 radical (unpaired) electrons. The number of hydrogen-bond donors (Lipinski definition) is 1. The van der Waals surface area contributed by atoms with Gasteiger partial charge in [-0.05, 0) is 99.9 Å². The standard InChI is InChI=1S/C42H53NO6/c1-38(2,3)39(4,49-37(45)47-21-16-26-12-13-28-8-6-7-9-29(28)22-26)32-24-40-17-18-42(32,46-5)36-41(40)19-20-43(25-27-10-11-27)33(40)23-30-14-15-31(44)35(48-36)34(30)41/h6-9,12,14-15,27,32-33,36,44H,10-11,13,16-25H2,1-5H3. The van der Waals surface area contributed by atoms with Crippen LogP contribution in [0, 0.1) is 22.7 Å². The lowest BCUT2D eigenvalue weighted by Gasteiger charge is -2.75. The molecule has 2 aromatic rings. The number of carbonyl (C=O) groups excluding carboxylic acids is 1. The largest absolute Gasteiger partial charge is 0.508 e. The number of phenolic OH excluding ortho intramolecular Hbond substituents is 1. The van der Waals surface area contributed by atoms with E-state index < -0.39 is 22.8 Å². The first-order valence-corrected chi connectivity index (χ1v) is 18.9. The van der Waals surface area contributed by atoms with Gasteiger partial charge >= 0.3 is 6.16 Å². The van der Waals surface area contributed by atoms with E-state index in [1.165, 1.54) is 40.7 Å². The van der Waals surface area contributed by atoms with Crippen LogP contribution >= 0.6 is 0 Å². The molecule has 1 saturated heterocycles. The molecule has 8 aliphatic rings. The molecule has 4 saturated carbocycles. The molecule has 2 heterocycles. The zero-order valence-electron chi connectivity index (χ0n) is 30.0. The maximum Gasteiger partial charge on any atom is 0.508 e. The van der Waals surface area contributed by atoms with E-state index in [2.05, 4.69) is 69.0 Å². The molecule has 0 aromatic heterocycles. The summed E-state index contributed by atoms with van der Waals surface area (Å²) in [5, 5.41) is 11.3. The van der Waals surface area contributed by atoms with Gasteiger partial charge in [-0.3, -0.25) is 4.90 Å². The molecule has 262 valence electrons. The molecule has 5 fully saturated rings. The van der Waals surface area contributed by atoms with Crippen molar-refractivity contribution >= 4 is 6.16 Å². The Morgan fingerprint density at radius 3 is 2.59 bits per heavy atom. The minimum Gasteiger partial charge on any atom is -0.504 e. The Morgan fingerprint density at radius 1 is 1.04 bits per heavy atom. The summed E-state index contributed by atoms with van der Waals surface area (Å²) in [6.07, 6.45) is 11.3. The molecule has 6 aliphatic carbocycles. The zero-order valence-corrected chi connectivity index (χ0v) is 30.0. The second-order valence-electron chi connectivity index (χ2n) is 17.7. The normalized spacial score (nSPS) is 35.0. The number of benzene rings is 2. The number of rotatable bonds is 8. The smallest absolute Gasteiger partial charge is 0.504 e. The minimum absolute atomic E-state index is 0.0781. The van der Waals surface area contributed by atoms with Gasteiger partial charge in [0.1, 0.15) is 17.3 Å². The van der Waals surface area contributed by atoms with E-state index in [0.29, 0.717) is 24.8 Å². The van der Waals surface area contributed by atoms with Gasteiger partial charge in [-0.15, -0.1) is 0 Å². The number of nitrogens with zero attached hydrogens (tertiary/aromatic N) is 1. The number of piperidine rings is 1. The van der Waals surface area contributed by atoms with Crippen LogP contribution in [0.25, 0.3) is 0 Å². The third-order valence-electron chi connectivity index (χ3n) is 14.9. The van der Waals surface area contributed by atoms with Crippen molar-refractivity contribution in [3.63, 3.8) is 0 Å². The lowest BCUT2D eigenvalue weighted by molar-refractivity contribution is -0.313. The predicted molar refractivity (Wildman–Crippen MR) is 187 cm³/mol. The first-order valence-electron chi connectivity index (χ1n) is 18.9. The van der Waals surface area contributed by atoms with Gasteiger partial charge in [-0.25, -0.2) is 4.79 Å². The molecule has 10 rings (SSSR count). The average molecular weight is 668 g/mol. The minimum atomic E-state index is -0.908. The molecular formula is C42H53NO6. The maximum absolute atomic E-state index is 13.8. The quantitative estimate of drug-likeness (QED) is 0.229. The second kappa shape index (κ2) is 10.7. The highest BCUT2D eigenvalue weighted by Crippen LogP contribution is 2.78. The zero-order chi connectivity index (χ0) is 34.0. The van der Waals surface area contributed by atoms with Crippen LogP contribution in [0.2, 0.25) is 0 Å². The Kier molecular flexibility index (Phi) is 7.00. The highest BCUT2D eigenvalue weighted by Gasteiger charge is 2.83. The first-order chi connectivity index (χ1) is 23.5. The van der Waals surface area contributed by atoms with Crippen molar-refractivity contribution in [2.24, 2.45) is 22.7 Å². The Labute approximate surface area is 291 Å². The lowest BCUT2D eigenvalue weighted by Crippen LogP contribution is -2.83. The van der Waals surface area contributed by atoms with E-state index in [0.717, 1.165) is 64.0 Å². The lowest BCUT2D eigenvalue weighted by atomic mass is 9.33. The van der Waals surface area contributed by atoms with Crippen LogP contribution in [-0.4, -0.2) is 66.3 Å². The summed E-state index contributed by atoms with van der Waals surface area (Å²) in [5.41, 5.74) is 4.27. The topological polar surface area (TPSA) is 77.5 Å². The Morgan fingerprint density at radius 2 is 1.84 bits per heavy atom. The number of methoxy groups -OCH3 is 1. The number of carbonyl (C=O) groups is 1. The fourth-order valence-corrected chi connectivity index (χ4v) is 11.9. The van der Waals surface area contributed by atoms with Crippen molar-refractivity contribution in [3.8, 4) is 11.5 Å². The highest BCUT2D eigenvalue weighted by atomic mass is 16.7. The summed E-state index contributed by atoms with van der Waals surface area (Å²) < 4.78 is 26.5. The Hall–Kier alpha value is -3.03. The summed E-state index contributed by atoms with van der Waals surface area (Å²) in [7, 11) is 1.83. The van der Waals surface area contributed by atoms with E-state index in [4.69, 9.17) is 18.9 Å². The van der Waals surface area contributed by atoms with Crippen LogP contribution in [0.15, 0.2) is 48.0 Å². The van der Waals surface area contributed by atoms with Crippen molar-refractivity contribution in [2.45, 2.75) is 121 Å². The Balaban J connectivity index is 1.04. The fraction of sp³-hybridized carbons (Fsp3) is 0.643. The summed E-state index contributed by atoms with van der Waals surface area (Å²) in [4.78, 5) is 16.6. The molecule has 7 nitrogen and oxygen atoms in total. The molecule has 2 spiro atoms. The summed E-state index contributed by atoms with van der Waals surface area (Å²) in [5.74, 6) is 1.57. The monoisotopic (exact) mass is 667 g/mol. The summed E-state index contributed by atoms with van der Waals surface area (Å²) >= 11 is 0. The first kappa shape index (κ1) is 31.9. The van der Waals surface area contributed by atoms with Gasteiger partial charge in [0, 0.05) is 53.8 Å². The molecular weight excluding hydrogens is 614 g/mol. The molecule has 2 aromatic carbocycles. The molecule has 1 N–H and O–H groups in total. The van der Waals surface area contributed by atoms with Crippen LogP contribution in [0.3, 0.4) is 0 Å². The number of allylic oxidation sites excluding steroid dienone is 1. The molecule has 2 aliphatic heterocycles. The summed E-state index contributed by atoms with van der Waals surface area (Å²) in [6.45, 7) is 11.2. The van der Waals surface area contributed by atoms with E-state index in [-0.39, 0.29) is 28.6 Å². The van der Waals surface area contributed by atoms with Crippen LogP contribution < -0.4 is 4.74 Å². The van der Waals surface area contributed by atoms with Crippen LogP contribution in [0.4, 0.5) is 4.79 Å². The van der Waals surface area contributed by atoms with Crippen molar-refractivity contribution < 1.29 is 28.8 Å². The third kappa shape index (κ3) is 4.30. The predicted octanol–water partition coefficient (Wildman–Crippen LogP) is 7.69. The molecule has 4 bridgehead atoms. The number of hydrogen-bond acceptors (Lipinski definition) is 7. The summed E-state index contributed by atoms with van der Waals surface area (Å²) in [6, 6.07) is 12.9. The van der Waals surface area contributed by atoms with Gasteiger partial charge in [-0.1, -0.05) is 62.8 Å². The SMILES string of the molecule is COC12CCC3(CC1C(C)(OC(=O)OCCC1=CCc4ccccc4C1)C(C)(C)C)C1Cc4ccc(O)c5c4C3(CCN1CC1CC1)C2O5. The van der Waals surface area contributed by atoms with Gasteiger partial charge < -0.3 is 24.1 Å². The van der Waals surface area contributed by atoms with Crippen molar-refractivity contribution in [1.29, 1.82) is 0 Å². The van der Waals surface area contributed by atoms with Crippen molar-refractivity contribution in [2.75, 3.05) is 26.8 Å². The van der Waals surface area contributed by atoms with Gasteiger partial charge in [0.15, 0.2) is 11.5 Å². The molecule has 49 heavy (non-hydrogen) atoms. The van der Waals surface area contributed by atoms with Crippen molar-refractivity contribution in [1.82, 2.24) is 4.90 Å². The van der Waals surface area contributed by atoms with Gasteiger partial charge in [0.25, 0.3) is 0 Å². The number of phenols is 1. The molecule has 7 atom stereocenters. The van der Waals surface area contributed by atoms with Crippen LogP contribution in [0.1, 0.15) is 94.9 Å². The van der Waals surface area contributed by atoms with E-state index in [1.54, 1.807) is 0 Å². The number of aromatic hydroxyl groups is 1. The highest BCUT2D eigenvalue weighted by molar-refractivity contribution is 5.64. The van der Waals surface area contributed by atoms with Gasteiger partial charge in [0.05, 0.1) is 6.61 Å². The molecule has 0 amide bonds. The van der Waals surface area contributed by atoms with E-state index in [1.807, 2.05) is 13.2 Å².